The zero-order valence-electron chi connectivity index (χ0n) is 12.5. The fourth-order valence-electron chi connectivity index (χ4n) is 1.93. The van der Waals surface area contributed by atoms with E-state index in [9.17, 15) is 13.6 Å². The molecule has 11 heteroatoms. The molecule has 0 saturated carbocycles. The Morgan fingerprint density at radius 1 is 1.28 bits per heavy atom. The maximum atomic E-state index is 12.5. The molecule has 1 aromatic heterocycles. The molecule has 0 radical (unpaired) electrons. The number of halogens is 6. The Hall–Kier alpha value is -1.28. The van der Waals surface area contributed by atoms with Gasteiger partial charge in [0.1, 0.15) is 16.5 Å². The molecule has 136 valence electrons. The zero-order valence-corrected chi connectivity index (χ0v) is 15.6. The first-order valence-electron chi connectivity index (χ1n) is 6.68. The summed E-state index contributed by atoms with van der Waals surface area (Å²) in [4.78, 5) is 10.8. The Morgan fingerprint density at radius 2 is 1.96 bits per heavy atom. The monoisotopic (exact) mass is 432 g/mol. The Bertz CT molecular complexity index is 799. The Balaban J connectivity index is 2.40. The van der Waals surface area contributed by atoms with Crippen molar-refractivity contribution >= 4 is 51.6 Å². The Kier molecular flexibility index (Phi) is 6.73. The maximum Gasteiger partial charge on any atom is 0.388 e. The van der Waals surface area contributed by atoms with Gasteiger partial charge < -0.3 is 9.47 Å². The van der Waals surface area contributed by atoms with Gasteiger partial charge in [-0.05, 0) is 23.7 Å². The molecule has 0 amide bonds. The summed E-state index contributed by atoms with van der Waals surface area (Å²) in [6, 6.07) is 2.82. The third-order valence-electron chi connectivity index (χ3n) is 2.97. The third-order valence-corrected chi connectivity index (χ3v) is 4.11. The summed E-state index contributed by atoms with van der Waals surface area (Å²) in [5.74, 6) is -0.107. The van der Waals surface area contributed by atoms with Gasteiger partial charge in [0, 0.05) is 12.6 Å². The third kappa shape index (κ3) is 4.88. The van der Waals surface area contributed by atoms with Gasteiger partial charge >= 0.3 is 6.61 Å². The van der Waals surface area contributed by atoms with Gasteiger partial charge in [-0.2, -0.15) is 13.9 Å². The van der Waals surface area contributed by atoms with Crippen LogP contribution < -0.4 is 9.47 Å². The molecular formula is C14H10Cl4F2N2O3. The Morgan fingerprint density at radius 3 is 2.56 bits per heavy atom. The minimum absolute atomic E-state index is 0.00117. The lowest BCUT2D eigenvalue weighted by Gasteiger charge is -2.10. The number of benzene rings is 1. The van der Waals surface area contributed by atoms with Crippen LogP contribution in [0.5, 0.6) is 11.6 Å². The molecule has 0 aliphatic heterocycles. The zero-order chi connectivity index (χ0) is 18.7. The number of hydrogen-bond acceptors (Lipinski definition) is 4. The molecule has 0 fully saturated rings. The number of carbonyl (C=O) groups excluding carboxylic acids is 1. The van der Waals surface area contributed by atoms with Crippen LogP contribution in [-0.4, -0.2) is 28.2 Å². The summed E-state index contributed by atoms with van der Waals surface area (Å²) < 4.78 is 35.7. The number of alkyl halides is 2. The highest BCUT2D eigenvalue weighted by Crippen LogP contribution is 2.42. The van der Waals surface area contributed by atoms with Crippen molar-refractivity contribution in [2.24, 2.45) is 7.05 Å². The average molecular weight is 434 g/mol. The number of hydrogen-bond donors (Lipinski definition) is 0. The lowest BCUT2D eigenvalue weighted by Crippen LogP contribution is -2.06. The van der Waals surface area contributed by atoms with E-state index in [-0.39, 0.29) is 45.4 Å². The summed E-state index contributed by atoms with van der Waals surface area (Å²) in [6.45, 7) is -3.06. The van der Waals surface area contributed by atoms with E-state index in [1.807, 2.05) is 0 Å². The van der Waals surface area contributed by atoms with Gasteiger partial charge in [0.25, 0.3) is 0 Å². The van der Waals surface area contributed by atoms with E-state index in [4.69, 9.17) is 51.1 Å². The van der Waals surface area contributed by atoms with Gasteiger partial charge in [0.2, 0.25) is 11.1 Å². The molecule has 1 aromatic carbocycles. The first-order chi connectivity index (χ1) is 11.7. The summed E-state index contributed by atoms with van der Waals surface area (Å²) in [7, 11) is 1.39. The van der Waals surface area contributed by atoms with Crippen molar-refractivity contribution in [3.05, 3.63) is 27.2 Å². The predicted octanol–water partition coefficient (Wildman–Crippen LogP) is 5.18. The second kappa shape index (κ2) is 8.40. The van der Waals surface area contributed by atoms with E-state index in [2.05, 4.69) is 9.84 Å². The van der Waals surface area contributed by atoms with Crippen LogP contribution >= 0.6 is 46.4 Å². The highest BCUT2D eigenvalue weighted by Gasteiger charge is 2.23. The first kappa shape index (κ1) is 20.0. The van der Waals surface area contributed by atoms with Crippen LogP contribution in [-0.2, 0) is 11.8 Å². The van der Waals surface area contributed by atoms with Crippen molar-refractivity contribution in [2.75, 3.05) is 6.61 Å². The second-order valence-electron chi connectivity index (χ2n) is 4.69. The second-order valence-corrected chi connectivity index (χ2v) is 6.30. The molecular weight excluding hydrogens is 424 g/mol. The van der Waals surface area contributed by atoms with E-state index in [1.165, 1.54) is 19.2 Å². The molecule has 0 N–H and O–H groups in total. The van der Waals surface area contributed by atoms with Crippen molar-refractivity contribution in [2.45, 2.75) is 13.0 Å². The predicted molar refractivity (Wildman–Crippen MR) is 91.3 cm³/mol. The van der Waals surface area contributed by atoms with Gasteiger partial charge in [-0.15, -0.1) is 0 Å². The van der Waals surface area contributed by atoms with Crippen molar-refractivity contribution in [3.63, 3.8) is 0 Å². The summed E-state index contributed by atoms with van der Waals surface area (Å²) in [5, 5.41) is 3.70. The lowest BCUT2D eigenvalue weighted by atomic mass is 10.1. The number of carbonyl (C=O) groups is 1. The fraction of sp³-hybridized carbons (Fsp3) is 0.286. The van der Waals surface area contributed by atoms with E-state index in [0.717, 1.165) is 4.68 Å². The topological polar surface area (TPSA) is 53.4 Å². The first-order valence-corrected chi connectivity index (χ1v) is 8.19. The average Bonchev–Trinajstić information content (AvgIpc) is 2.77. The van der Waals surface area contributed by atoms with E-state index >= 15 is 0 Å². The van der Waals surface area contributed by atoms with Crippen LogP contribution in [0.2, 0.25) is 15.1 Å². The van der Waals surface area contributed by atoms with E-state index in [0.29, 0.717) is 5.56 Å². The maximum absolute atomic E-state index is 12.5. The van der Waals surface area contributed by atoms with Crippen LogP contribution in [0, 0.1) is 0 Å². The number of aryl methyl sites for hydroxylation is 1. The lowest BCUT2D eigenvalue weighted by molar-refractivity contribution is -0.112. The van der Waals surface area contributed by atoms with E-state index in [1.54, 1.807) is 0 Å². The van der Waals surface area contributed by atoms with Gasteiger partial charge in [0.15, 0.2) is 0 Å². The highest BCUT2D eigenvalue weighted by atomic mass is 35.5. The molecule has 2 aromatic rings. The summed E-state index contributed by atoms with van der Waals surface area (Å²) in [6.07, 6.45) is -0.0213. The quantitative estimate of drug-likeness (QED) is 0.564. The fourth-order valence-corrected chi connectivity index (χ4v) is 2.84. The van der Waals surface area contributed by atoms with Gasteiger partial charge in [-0.3, -0.25) is 4.79 Å². The van der Waals surface area contributed by atoms with Crippen molar-refractivity contribution in [1.29, 1.82) is 0 Å². The summed E-state index contributed by atoms with van der Waals surface area (Å²) in [5.41, 5.74) is 0.405. The Labute approximate surface area is 161 Å². The minimum atomic E-state index is -3.06. The van der Waals surface area contributed by atoms with Gasteiger partial charge in [0.05, 0.1) is 23.1 Å². The number of ether oxygens (including phenoxy) is 2. The molecule has 0 bridgehead atoms. The van der Waals surface area contributed by atoms with Crippen LogP contribution in [0.25, 0.3) is 11.3 Å². The molecule has 0 saturated heterocycles. The molecule has 2 rings (SSSR count). The molecule has 5 nitrogen and oxygen atoms in total. The normalized spacial score (nSPS) is 11.0. The molecule has 0 unspecified atom stereocenters. The van der Waals surface area contributed by atoms with Crippen LogP contribution in [0.3, 0.4) is 0 Å². The van der Waals surface area contributed by atoms with Gasteiger partial charge in [-0.25, -0.2) is 4.68 Å². The molecule has 0 aliphatic carbocycles. The minimum Gasteiger partial charge on any atom is -0.491 e. The highest BCUT2D eigenvalue weighted by molar-refractivity contribution is 6.63. The van der Waals surface area contributed by atoms with Crippen molar-refractivity contribution < 1.29 is 23.0 Å². The standard InChI is InChI=1S/C14H10Cl4F2N2O3/c1-22-13(25-14(19)20)11(18)12(21-22)6-4-9(8(16)5-7(6)15)24-3-2-10(17)23/h4-5,14H,2-3H2,1H3. The van der Waals surface area contributed by atoms with Gasteiger partial charge in [-0.1, -0.05) is 34.8 Å². The largest absolute Gasteiger partial charge is 0.491 e. The van der Waals surface area contributed by atoms with Crippen LogP contribution in [0.1, 0.15) is 6.42 Å². The number of nitrogens with zero attached hydrogens (tertiary/aromatic N) is 2. The van der Waals surface area contributed by atoms with Crippen molar-refractivity contribution in [1.82, 2.24) is 9.78 Å². The molecule has 0 atom stereocenters. The molecule has 0 aliphatic rings. The summed E-state index contributed by atoms with van der Waals surface area (Å²) >= 11 is 23.5. The molecule has 25 heavy (non-hydrogen) atoms. The number of aromatic nitrogens is 2. The molecule has 0 spiro atoms. The van der Waals surface area contributed by atoms with Crippen LogP contribution in [0.15, 0.2) is 12.1 Å². The molecule has 1 heterocycles. The number of rotatable bonds is 7. The van der Waals surface area contributed by atoms with E-state index < -0.39 is 11.9 Å². The van der Waals surface area contributed by atoms with Crippen molar-refractivity contribution in [3.8, 4) is 22.9 Å². The van der Waals surface area contributed by atoms with Crippen LogP contribution in [0.4, 0.5) is 8.78 Å². The SMILES string of the molecule is Cn1nc(-c2cc(OCCC(=O)Cl)c(Cl)cc2Cl)c(Cl)c1OC(F)F. The smallest absolute Gasteiger partial charge is 0.388 e.